The van der Waals surface area contributed by atoms with E-state index in [9.17, 15) is 4.79 Å². The minimum Gasteiger partial charge on any atom is -0.383 e. The number of carbonyl (C=O) groups is 1. The quantitative estimate of drug-likeness (QED) is 0.767. The average Bonchev–Trinajstić information content (AvgIpc) is 2.68. The molecular formula is C12H24N2O2. The van der Waals surface area contributed by atoms with Crippen molar-refractivity contribution in [2.75, 3.05) is 20.3 Å². The topological polar surface area (TPSA) is 55.6 Å². The summed E-state index contributed by atoms with van der Waals surface area (Å²) in [6.45, 7) is 5.25. The van der Waals surface area contributed by atoms with Gasteiger partial charge in [0.05, 0.1) is 18.2 Å². The van der Waals surface area contributed by atoms with Gasteiger partial charge in [-0.15, -0.1) is 0 Å². The minimum atomic E-state index is -0.613. The van der Waals surface area contributed by atoms with Crippen molar-refractivity contribution in [1.29, 1.82) is 0 Å². The van der Waals surface area contributed by atoms with E-state index >= 15 is 0 Å². The van der Waals surface area contributed by atoms with Crippen molar-refractivity contribution in [3.8, 4) is 0 Å². The normalized spacial score (nSPS) is 20.8. The van der Waals surface area contributed by atoms with Crippen LogP contribution in [-0.2, 0) is 9.53 Å². The predicted molar refractivity (Wildman–Crippen MR) is 64.1 cm³/mol. The van der Waals surface area contributed by atoms with Gasteiger partial charge in [0, 0.05) is 13.7 Å². The van der Waals surface area contributed by atoms with Gasteiger partial charge in [-0.1, -0.05) is 12.8 Å². The van der Waals surface area contributed by atoms with Crippen LogP contribution in [0.4, 0.5) is 0 Å². The molecule has 0 aliphatic heterocycles. The van der Waals surface area contributed by atoms with Crippen molar-refractivity contribution >= 4 is 5.91 Å². The molecule has 1 rings (SSSR count). The van der Waals surface area contributed by atoms with E-state index in [-0.39, 0.29) is 11.9 Å². The molecular weight excluding hydrogens is 204 g/mol. The van der Waals surface area contributed by atoms with Gasteiger partial charge in [0.15, 0.2) is 0 Å². The van der Waals surface area contributed by atoms with Crippen molar-refractivity contribution in [1.82, 2.24) is 4.90 Å². The fourth-order valence-corrected chi connectivity index (χ4v) is 2.49. The standard InChI is InChI=1S/C12H24N2O2/c1-4-14(10(2)9-16-3)11(15)12(13)7-5-6-8-12/h10H,4-9,13H2,1-3H3. The highest BCUT2D eigenvalue weighted by atomic mass is 16.5. The summed E-state index contributed by atoms with van der Waals surface area (Å²) in [5.74, 6) is 0.0945. The van der Waals surface area contributed by atoms with E-state index in [4.69, 9.17) is 10.5 Å². The fourth-order valence-electron chi connectivity index (χ4n) is 2.49. The largest absolute Gasteiger partial charge is 0.383 e. The van der Waals surface area contributed by atoms with E-state index in [0.717, 1.165) is 25.7 Å². The molecule has 4 heteroatoms. The van der Waals surface area contributed by atoms with Gasteiger partial charge < -0.3 is 15.4 Å². The lowest BCUT2D eigenvalue weighted by Crippen LogP contribution is -2.56. The van der Waals surface area contributed by atoms with Crippen molar-refractivity contribution in [3.63, 3.8) is 0 Å². The van der Waals surface area contributed by atoms with Gasteiger partial charge in [-0.2, -0.15) is 0 Å². The molecule has 1 aliphatic carbocycles. The lowest BCUT2D eigenvalue weighted by atomic mass is 9.96. The van der Waals surface area contributed by atoms with Crippen LogP contribution >= 0.6 is 0 Å². The number of hydrogen-bond acceptors (Lipinski definition) is 3. The maximum absolute atomic E-state index is 12.4. The monoisotopic (exact) mass is 228 g/mol. The third-order valence-electron chi connectivity index (χ3n) is 3.46. The number of amides is 1. The number of hydrogen-bond donors (Lipinski definition) is 1. The molecule has 0 aromatic rings. The van der Waals surface area contributed by atoms with E-state index in [0.29, 0.717) is 13.2 Å². The molecule has 0 aromatic carbocycles. The molecule has 4 nitrogen and oxygen atoms in total. The molecule has 1 amide bonds. The number of nitrogens with two attached hydrogens (primary N) is 1. The first kappa shape index (κ1) is 13.5. The summed E-state index contributed by atoms with van der Waals surface area (Å²) in [6, 6.07) is 0.100. The molecule has 94 valence electrons. The number of ether oxygens (including phenoxy) is 1. The third kappa shape index (κ3) is 2.74. The molecule has 0 heterocycles. The molecule has 1 atom stereocenters. The van der Waals surface area contributed by atoms with E-state index in [1.165, 1.54) is 0 Å². The molecule has 0 bridgehead atoms. The van der Waals surface area contributed by atoms with Gasteiger partial charge in [-0.25, -0.2) is 0 Å². The average molecular weight is 228 g/mol. The minimum absolute atomic E-state index is 0.0945. The SMILES string of the molecule is CCN(C(=O)C1(N)CCCC1)C(C)COC. The maximum Gasteiger partial charge on any atom is 0.242 e. The number of methoxy groups -OCH3 is 1. The molecule has 1 fully saturated rings. The number of carbonyl (C=O) groups excluding carboxylic acids is 1. The van der Waals surface area contributed by atoms with Crippen LogP contribution in [-0.4, -0.2) is 42.6 Å². The highest BCUT2D eigenvalue weighted by Gasteiger charge is 2.40. The first-order valence-corrected chi connectivity index (χ1v) is 6.14. The Morgan fingerprint density at radius 3 is 2.50 bits per heavy atom. The van der Waals surface area contributed by atoms with Crippen LogP contribution < -0.4 is 5.73 Å². The summed E-state index contributed by atoms with van der Waals surface area (Å²) < 4.78 is 5.10. The van der Waals surface area contributed by atoms with Gasteiger partial charge in [-0.3, -0.25) is 4.79 Å². The van der Waals surface area contributed by atoms with E-state index < -0.39 is 5.54 Å². The Hall–Kier alpha value is -0.610. The summed E-state index contributed by atoms with van der Waals surface area (Å²) in [4.78, 5) is 14.2. The predicted octanol–water partition coefficient (Wildman–Crippen LogP) is 1.14. The number of likely N-dealkylation sites (N-methyl/N-ethyl adjacent to an activating group) is 1. The van der Waals surface area contributed by atoms with Crippen molar-refractivity contribution < 1.29 is 9.53 Å². The molecule has 16 heavy (non-hydrogen) atoms. The van der Waals surface area contributed by atoms with Crippen molar-refractivity contribution in [2.45, 2.75) is 51.1 Å². The van der Waals surface area contributed by atoms with Crippen LogP contribution in [0.1, 0.15) is 39.5 Å². The maximum atomic E-state index is 12.4. The molecule has 0 aromatic heterocycles. The summed E-state index contributed by atoms with van der Waals surface area (Å²) in [5.41, 5.74) is 5.57. The fraction of sp³-hybridized carbons (Fsp3) is 0.917. The van der Waals surface area contributed by atoms with Crippen LogP contribution in [0, 0.1) is 0 Å². The second kappa shape index (κ2) is 5.64. The zero-order valence-electron chi connectivity index (χ0n) is 10.7. The molecule has 1 unspecified atom stereocenters. The number of nitrogens with zero attached hydrogens (tertiary/aromatic N) is 1. The highest BCUT2D eigenvalue weighted by Crippen LogP contribution is 2.29. The van der Waals surface area contributed by atoms with E-state index in [1.54, 1.807) is 7.11 Å². The lowest BCUT2D eigenvalue weighted by molar-refractivity contribution is -0.139. The van der Waals surface area contributed by atoms with Crippen LogP contribution in [0.3, 0.4) is 0 Å². The molecule has 0 radical (unpaired) electrons. The third-order valence-corrected chi connectivity index (χ3v) is 3.46. The van der Waals surface area contributed by atoms with Crippen molar-refractivity contribution in [2.24, 2.45) is 5.73 Å². The smallest absolute Gasteiger partial charge is 0.242 e. The molecule has 1 saturated carbocycles. The van der Waals surface area contributed by atoms with E-state index in [2.05, 4.69) is 0 Å². The Morgan fingerprint density at radius 1 is 1.50 bits per heavy atom. The van der Waals surface area contributed by atoms with Gasteiger partial charge in [0.25, 0.3) is 0 Å². The zero-order chi connectivity index (χ0) is 12.2. The van der Waals surface area contributed by atoms with E-state index in [1.807, 2.05) is 18.7 Å². The Bertz CT molecular complexity index is 237. The second-order valence-corrected chi connectivity index (χ2v) is 4.76. The van der Waals surface area contributed by atoms with Crippen LogP contribution in [0.15, 0.2) is 0 Å². The van der Waals surface area contributed by atoms with Crippen LogP contribution in [0.5, 0.6) is 0 Å². The molecule has 0 saturated heterocycles. The Labute approximate surface area is 98.1 Å². The summed E-state index contributed by atoms with van der Waals surface area (Å²) >= 11 is 0. The van der Waals surface area contributed by atoms with Crippen molar-refractivity contribution in [3.05, 3.63) is 0 Å². The van der Waals surface area contributed by atoms with Crippen LogP contribution in [0.2, 0.25) is 0 Å². The summed E-state index contributed by atoms with van der Waals surface area (Å²) in [6.07, 6.45) is 3.78. The lowest BCUT2D eigenvalue weighted by Gasteiger charge is -2.34. The number of rotatable bonds is 5. The summed E-state index contributed by atoms with van der Waals surface area (Å²) in [7, 11) is 1.66. The van der Waals surface area contributed by atoms with Gasteiger partial charge in [0.1, 0.15) is 0 Å². The van der Waals surface area contributed by atoms with Gasteiger partial charge >= 0.3 is 0 Å². The van der Waals surface area contributed by atoms with Gasteiger partial charge in [0.2, 0.25) is 5.91 Å². The van der Waals surface area contributed by atoms with Gasteiger partial charge in [-0.05, 0) is 26.7 Å². The molecule has 0 spiro atoms. The Morgan fingerprint density at radius 2 is 2.06 bits per heavy atom. The van der Waals surface area contributed by atoms with Crippen LogP contribution in [0.25, 0.3) is 0 Å². The highest BCUT2D eigenvalue weighted by molar-refractivity contribution is 5.86. The Kier molecular flexibility index (Phi) is 4.74. The first-order chi connectivity index (χ1) is 7.55. The molecule has 2 N–H and O–H groups in total. The Balaban J connectivity index is 2.68. The second-order valence-electron chi connectivity index (χ2n) is 4.76. The molecule has 1 aliphatic rings. The summed E-state index contributed by atoms with van der Waals surface area (Å²) in [5, 5.41) is 0. The zero-order valence-corrected chi connectivity index (χ0v) is 10.7. The first-order valence-electron chi connectivity index (χ1n) is 6.14.